The van der Waals surface area contributed by atoms with Crippen molar-refractivity contribution in [2.75, 3.05) is 0 Å². The van der Waals surface area contributed by atoms with Gasteiger partial charge in [-0.15, -0.1) is 0 Å². The second-order valence-electron chi connectivity index (χ2n) is 4.13. The molecule has 76 valence electrons. The lowest BCUT2D eigenvalue weighted by molar-refractivity contribution is 0.734. The van der Waals surface area contributed by atoms with E-state index in [-0.39, 0.29) is 0 Å². The molecule has 1 atom stereocenters. The molecule has 0 aliphatic heterocycles. The summed E-state index contributed by atoms with van der Waals surface area (Å²) in [6.45, 7) is 2.26. The maximum atomic E-state index is 5.14. The Balaban J connectivity index is 2.33. The molecule has 1 unspecified atom stereocenters. The van der Waals surface area contributed by atoms with Gasteiger partial charge in [-0.3, -0.25) is 0 Å². The fourth-order valence-corrected chi connectivity index (χ4v) is 2.60. The van der Waals surface area contributed by atoms with Gasteiger partial charge in [-0.05, 0) is 30.1 Å². The van der Waals surface area contributed by atoms with E-state index in [0.717, 1.165) is 11.2 Å². The molecule has 0 bridgehead atoms. The Bertz CT molecular complexity index is 565. The highest BCUT2D eigenvalue weighted by molar-refractivity contribution is 7.71. The number of benzene rings is 1. The van der Waals surface area contributed by atoms with Crippen molar-refractivity contribution in [1.29, 1.82) is 0 Å². The maximum Gasteiger partial charge on any atom is 0.175 e. The summed E-state index contributed by atoms with van der Waals surface area (Å²) in [5.41, 5.74) is 5.12. The van der Waals surface area contributed by atoms with Crippen LogP contribution in [0.25, 0.3) is 11.3 Å². The maximum absolute atomic E-state index is 5.14. The van der Waals surface area contributed by atoms with Crippen LogP contribution in [-0.2, 0) is 6.42 Å². The number of H-pyrrole nitrogens is 2. The van der Waals surface area contributed by atoms with E-state index in [1.54, 1.807) is 0 Å². The zero-order chi connectivity index (χ0) is 10.4. The predicted octanol–water partition coefficient (Wildman–Crippen LogP) is 3.40. The molecule has 1 heterocycles. The minimum Gasteiger partial charge on any atom is -0.334 e. The molecule has 3 rings (SSSR count). The van der Waals surface area contributed by atoms with Crippen LogP contribution in [0.1, 0.15) is 24.1 Å². The van der Waals surface area contributed by atoms with E-state index in [1.807, 2.05) is 0 Å². The van der Waals surface area contributed by atoms with Crippen LogP contribution in [-0.4, -0.2) is 9.97 Å². The molecule has 1 aromatic carbocycles. The lowest BCUT2D eigenvalue weighted by Gasteiger charge is -2.21. The van der Waals surface area contributed by atoms with Gasteiger partial charge in [-0.1, -0.05) is 31.2 Å². The number of rotatable bonds is 0. The second-order valence-corrected chi connectivity index (χ2v) is 4.53. The largest absolute Gasteiger partial charge is 0.334 e. The molecule has 2 N–H and O–H groups in total. The van der Waals surface area contributed by atoms with E-state index in [9.17, 15) is 0 Å². The second kappa shape index (κ2) is 3.07. The fraction of sp³-hybridized carbons (Fsp3) is 0.250. The minimum absolute atomic E-state index is 0.565. The number of hydrogen-bond donors (Lipinski definition) is 2. The molecule has 2 aromatic rings. The van der Waals surface area contributed by atoms with Gasteiger partial charge in [-0.2, -0.15) is 0 Å². The summed E-state index contributed by atoms with van der Waals surface area (Å²) in [6, 6.07) is 8.53. The first kappa shape index (κ1) is 8.92. The molecule has 0 amide bonds. The van der Waals surface area contributed by atoms with Gasteiger partial charge in [0.1, 0.15) is 0 Å². The highest BCUT2D eigenvalue weighted by Gasteiger charge is 2.22. The molecule has 3 heteroatoms. The highest BCUT2D eigenvalue weighted by Crippen LogP contribution is 2.37. The van der Waals surface area contributed by atoms with Crippen molar-refractivity contribution in [2.45, 2.75) is 19.3 Å². The topological polar surface area (TPSA) is 31.6 Å². The molecular formula is C12H12N2S. The lowest BCUT2D eigenvalue weighted by Crippen LogP contribution is -2.07. The Kier molecular flexibility index (Phi) is 1.83. The summed E-state index contributed by atoms with van der Waals surface area (Å²) in [5, 5.41) is 0. The van der Waals surface area contributed by atoms with Crippen LogP contribution >= 0.6 is 12.2 Å². The van der Waals surface area contributed by atoms with Gasteiger partial charge in [0.25, 0.3) is 0 Å². The predicted molar refractivity (Wildman–Crippen MR) is 63.5 cm³/mol. The van der Waals surface area contributed by atoms with Gasteiger partial charge in [0.05, 0.1) is 5.69 Å². The first-order chi connectivity index (χ1) is 7.25. The molecule has 0 radical (unpaired) electrons. The van der Waals surface area contributed by atoms with E-state index in [2.05, 4.69) is 41.2 Å². The molecule has 0 fully saturated rings. The van der Waals surface area contributed by atoms with Crippen LogP contribution in [0.3, 0.4) is 0 Å². The third-order valence-corrected chi connectivity index (χ3v) is 3.28. The summed E-state index contributed by atoms with van der Waals surface area (Å²) in [5.74, 6) is 0.565. The third-order valence-electron chi connectivity index (χ3n) is 3.08. The monoisotopic (exact) mass is 216 g/mol. The SMILES string of the molecule is CC1Cc2[nH]c(=S)[nH]c2-c2ccccc21. The van der Waals surface area contributed by atoms with E-state index in [4.69, 9.17) is 12.2 Å². The Morgan fingerprint density at radius 2 is 2.07 bits per heavy atom. The van der Waals surface area contributed by atoms with Crippen LogP contribution in [0.2, 0.25) is 0 Å². The normalized spacial score (nSPS) is 18.3. The summed E-state index contributed by atoms with van der Waals surface area (Å²) in [7, 11) is 0. The van der Waals surface area contributed by atoms with Gasteiger partial charge >= 0.3 is 0 Å². The number of imidazole rings is 1. The Morgan fingerprint density at radius 1 is 1.27 bits per heavy atom. The zero-order valence-corrected chi connectivity index (χ0v) is 9.32. The standard InChI is InChI=1S/C12H12N2S/c1-7-6-10-11(14-12(15)13-10)9-5-3-2-4-8(7)9/h2-5,7H,6H2,1H3,(H2,13,14,15). The smallest absolute Gasteiger partial charge is 0.175 e. The van der Waals surface area contributed by atoms with E-state index >= 15 is 0 Å². The summed E-state index contributed by atoms with van der Waals surface area (Å²) < 4.78 is 0.726. The average molecular weight is 216 g/mol. The first-order valence-electron chi connectivity index (χ1n) is 5.16. The number of hydrogen-bond acceptors (Lipinski definition) is 1. The van der Waals surface area contributed by atoms with Crippen molar-refractivity contribution < 1.29 is 0 Å². The van der Waals surface area contributed by atoms with Crippen molar-refractivity contribution in [1.82, 2.24) is 9.97 Å². The van der Waals surface area contributed by atoms with Crippen molar-refractivity contribution in [3.05, 3.63) is 40.3 Å². The van der Waals surface area contributed by atoms with Gasteiger partial charge in [0.2, 0.25) is 0 Å². The zero-order valence-electron chi connectivity index (χ0n) is 8.50. The third kappa shape index (κ3) is 1.27. The number of aromatic amines is 2. The lowest BCUT2D eigenvalue weighted by atomic mass is 9.85. The van der Waals surface area contributed by atoms with E-state index in [0.29, 0.717) is 5.92 Å². The van der Waals surface area contributed by atoms with Gasteiger partial charge in [0.15, 0.2) is 4.77 Å². The van der Waals surface area contributed by atoms with Crippen molar-refractivity contribution in [3.8, 4) is 11.3 Å². The van der Waals surface area contributed by atoms with E-state index < -0.39 is 0 Å². The molecule has 1 aliphatic carbocycles. The summed E-state index contributed by atoms with van der Waals surface area (Å²) >= 11 is 5.14. The first-order valence-corrected chi connectivity index (χ1v) is 5.57. The van der Waals surface area contributed by atoms with Crippen molar-refractivity contribution in [3.63, 3.8) is 0 Å². The summed E-state index contributed by atoms with van der Waals surface area (Å²) in [6.07, 6.45) is 1.04. The molecule has 2 nitrogen and oxygen atoms in total. The van der Waals surface area contributed by atoms with Crippen molar-refractivity contribution >= 4 is 12.2 Å². The molecular weight excluding hydrogens is 204 g/mol. The quantitative estimate of drug-likeness (QED) is 0.650. The minimum atomic E-state index is 0.565. The van der Waals surface area contributed by atoms with Crippen LogP contribution in [0.5, 0.6) is 0 Å². The number of aromatic nitrogens is 2. The van der Waals surface area contributed by atoms with Crippen LogP contribution < -0.4 is 0 Å². The Morgan fingerprint density at radius 3 is 2.93 bits per heavy atom. The van der Waals surface area contributed by atoms with Crippen LogP contribution in [0.4, 0.5) is 0 Å². The Hall–Kier alpha value is -1.35. The van der Waals surface area contributed by atoms with Crippen LogP contribution in [0, 0.1) is 4.77 Å². The average Bonchev–Trinajstić information content (AvgIpc) is 2.59. The van der Waals surface area contributed by atoms with Crippen LogP contribution in [0.15, 0.2) is 24.3 Å². The number of fused-ring (bicyclic) bond motifs is 3. The highest BCUT2D eigenvalue weighted by atomic mass is 32.1. The molecule has 0 saturated carbocycles. The molecule has 1 aliphatic rings. The van der Waals surface area contributed by atoms with Gasteiger partial charge in [0, 0.05) is 11.3 Å². The molecule has 0 saturated heterocycles. The molecule has 15 heavy (non-hydrogen) atoms. The molecule has 0 spiro atoms. The number of nitrogens with one attached hydrogen (secondary N) is 2. The van der Waals surface area contributed by atoms with Gasteiger partial charge < -0.3 is 9.97 Å². The van der Waals surface area contributed by atoms with Gasteiger partial charge in [-0.25, -0.2) is 0 Å². The van der Waals surface area contributed by atoms with E-state index in [1.165, 1.54) is 22.5 Å². The summed E-state index contributed by atoms with van der Waals surface area (Å²) in [4.78, 5) is 6.46. The fourth-order valence-electron chi connectivity index (χ4n) is 2.37. The Labute approximate surface area is 93.4 Å². The molecule has 1 aromatic heterocycles. The van der Waals surface area contributed by atoms with Crippen molar-refractivity contribution in [2.24, 2.45) is 0 Å².